The lowest BCUT2D eigenvalue weighted by molar-refractivity contribution is -0.135. The number of benzene rings is 3. The Morgan fingerprint density at radius 1 is 0.930 bits per heavy atom. The fourth-order valence-electron chi connectivity index (χ4n) is 14.1. The van der Waals surface area contributed by atoms with Gasteiger partial charge in [0, 0.05) is 76.6 Å². The lowest BCUT2D eigenvalue weighted by Gasteiger charge is -2.42. The van der Waals surface area contributed by atoms with Gasteiger partial charge < -0.3 is 38.2 Å². The van der Waals surface area contributed by atoms with Crippen molar-refractivity contribution in [3.05, 3.63) is 81.9 Å². The molecule has 0 saturated carbocycles. The molecule has 23 heteroatoms. The smallest absolute Gasteiger partial charge is 0.410 e. The number of imide groups is 1. The second-order valence-corrected chi connectivity index (χ2v) is 24.6. The maximum absolute atomic E-state index is 17.8. The number of carbonyl (C=O) groups excluding carboxylic acids is 4. The lowest BCUT2D eigenvalue weighted by atomic mass is 9.95. The molecule has 6 fully saturated rings. The monoisotopic (exact) mass is 1180 g/mol. The number of terminal acetylenes is 1. The number of carbonyl (C=O) groups is 4. The van der Waals surface area contributed by atoms with Crippen molar-refractivity contribution in [2.45, 2.75) is 139 Å². The Morgan fingerprint density at radius 2 is 1.72 bits per heavy atom. The minimum absolute atomic E-state index is 0.0259. The quantitative estimate of drug-likeness (QED) is 0.0421. The van der Waals surface area contributed by atoms with E-state index in [-0.39, 0.29) is 115 Å². The molecule has 3 aromatic heterocycles. The number of aromatic nitrogens is 5. The molecule has 86 heavy (non-hydrogen) atoms. The number of hydrogen-bond donors (Lipinski definition) is 1. The van der Waals surface area contributed by atoms with Crippen LogP contribution in [0.15, 0.2) is 53.5 Å². The number of piperidine rings is 2. The Labute approximate surface area is 496 Å². The molecule has 454 valence electrons. The van der Waals surface area contributed by atoms with Gasteiger partial charge in [0.05, 0.1) is 45.7 Å². The fourth-order valence-corrected chi connectivity index (χ4v) is 14.1. The van der Waals surface area contributed by atoms with E-state index in [1.165, 1.54) is 23.9 Å². The molecule has 6 saturated heterocycles. The molecule has 0 aliphatic carbocycles. The van der Waals surface area contributed by atoms with Gasteiger partial charge in [0.2, 0.25) is 11.8 Å². The lowest BCUT2D eigenvalue weighted by Crippen LogP contribution is -2.57. The maximum atomic E-state index is 17.8. The molecule has 0 radical (unpaired) electrons. The predicted octanol–water partition coefficient (Wildman–Crippen LogP) is 7.93. The molecule has 6 aromatic rings. The Bertz CT molecular complexity index is 3740. The van der Waals surface area contributed by atoms with E-state index in [1.54, 1.807) is 34.7 Å². The van der Waals surface area contributed by atoms with Crippen molar-refractivity contribution in [1.82, 2.24) is 44.1 Å². The van der Waals surface area contributed by atoms with Crippen LogP contribution >= 0.6 is 0 Å². The van der Waals surface area contributed by atoms with Crippen LogP contribution < -0.4 is 25.4 Å². The summed E-state index contributed by atoms with van der Waals surface area (Å²) in [6, 6.07) is 10.5. The van der Waals surface area contributed by atoms with Crippen LogP contribution in [0.3, 0.4) is 0 Å². The summed E-state index contributed by atoms with van der Waals surface area (Å²) in [5, 5.41) is 3.46. The predicted molar refractivity (Wildman–Crippen MR) is 314 cm³/mol. The van der Waals surface area contributed by atoms with Crippen molar-refractivity contribution < 1.29 is 56.4 Å². The Kier molecular flexibility index (Phi) is 16.1. The normalized spacial score (nSPS) is 22.7. The summed E-state index contributed by atoms with van der Waals surface area (Å²) in [7, 11) is 3.18. The van der Waals surface area contributed by atoms with Crippen LogP contribution in [0.25, 0.3) is 44.0 Å². The zero-order chi connectivity index (χ0) is 60.2. The number of methoxy groups -OCH3 is 1. The molecule has 3 unspecified atom stereocenters. The van der Waals surface area contributed by atoms with Crippen molar-refractivity contribution >= 4 is 62.5 Å². The summed E-state index contributed by atoms with van der Waals surface area (Å²) in [6.45, 7) is 8.85. The van der Waals surface area contributed by atoms with Crippen molar-refractivity contribution in [2.24, 2.45) is 7.05 Å². The number of hydrogen-bond acceptors (Lipinski definition) is 16. The second kappa shape index (κ2) is 23.7. The third kappa shape index (κ3) is 11.1. The highest BCUT2D eigenvalue weighted by molar-refractivity contribution is 6.03. The number of aryl methyl sites for hydroxylation is 2. The van der Waals surface area contributed by atoms with Crippen molar-refractivity contribution in [2.75, 3.05) is 71.3 Å². The van der Waals surface area contributed by atoms with Gasteiger partial charge in [-0.25, -0.2) is 23.2 Å². The number of nitrogens with zero attached hydrogens (tertiary/aromatic N) is 9. The minimum Gasteiger partial charge on any atom is -0.468 e. The minimum atomic E-state index is -0.803. The zero-order valence-corrected chi connectivity index (χ0v) is 49.2. The third-order valence-corrected chi connectivity index (χ3v) is 18.1. The number of piperazine rings is 1. The molecule has 12 rings (SSSR count). The van der Waals surface area contributed by atoms with Gasteiger partial charge in [-0.3, -0.25) is 38.8 Å². The van der Waals surface area contributed by atoms with Crippen LogP contribution in [-0.2, 0) is 42.0 Å². The van der Waals surface area contributed by atoms with E-state index >= 15 is 8.78 Å². The SMILES string of the molecule is C#Cc1c(F)ccc2cc(OCOC)cc(-c3ncc4c(N5CC6CCC(C5)N6C(=O)OC(C)(C)C)nc(OC[C@@]56CCCN5[C@H](COC(=O)N5CCC(OCCCc7cccc8c7n(C)c(=O)n8C7CCC(=O)NC7=O)CC5)CC6)nc4c3F)c12. The van der Waals surface area contributed by atoms with Gasteiger partial charge in [-0.05, 0) is 133 Å². The molecule has 6 aliphatic heterocycles. The average molecular weight is 1180 g/mol. The summed E-state index contributed by atoms with van der Waals surface area (Å²) >= 11 is 0. The molecule has 6 aliphatic rings. The van der Waals surface area contributed by atoms with Gasteiger partial charge in [-0.2, -0.15) is 9.97 Å². The van der Waals surface area contributed by atoms with Gasteiger partial charge in [-0.15, -0.1) is 6.42 Å². The molecular weight excluding hydrogens is 1110 g/mol. The van der Waals surface area contributed by atoms with E-state index in [1.807, 2.05) is 48.8 Å². The fraction of sp³-hybridized carbons (Fsp3) is 0.524. The van der Waals surface area contributed by atoms with Crippen LogP contribution in [0.4, 0.5) is 24.2 Å². The molecular formula is C63H72F2N10O11. The third-order valence-electron chi connectivity index (χ3n) is 18.1. The number of amides is 4. The van der Waals surface area contributed by atoms with Crippen LogP contribution in [0.2, 0.25) is 0 Å². The standard InChI is InChI=1S/C63H72F2N10O11/c1-7-44-47(64)17-14-38-29-43(85-36-81-6)30-45(51(38)44)53-52(65)54-46(31-66-53)56(72-32-39-15-16-40(33-72)74(39)61(80)86-62(2,3)4)69-58(68-54)84-35-63-23-10-25-73(63)41(20-24-63)34-83-60(79)71-26-21-42(22-27-71)82-28-9-12-37-11-8-13-48-55(37)70(5)59(78)75(48)49-18-19-50(76)67-57(49)77/h1,8,11,13-14,17,29-31,39-42,49H,9-10,12,15-16,18-28,32-36H2,2-6H3,(H,67,76,77)/t39?,40?,41-,49?,63-/m0/s1. The molecule has 5 atom stereocenters. The number of halogens is 2. The first-order valence-corrected chi connectivity index (χ1v) is 29.9. The Morgan fingerprint density at radius 3 is 2.47 bits per heavy atom. The number of likely N-dealkylation sites (tertiary alicyclic amines) is 1. The Balaban J connectivity index is 0.710. The van der Waals surface area contributed by atoms with E-state index in [0.29, 0.717) is 86.3 Å². The van der Waals surface area contributed by atoms with Crippen molar-refractivity contribution in [3.63, 3.8) is 0 Å². The second-order valence-electron chi connectivity index (χ2n) is 24.6. The number of rotatable bonds is 16. The number of imidazole rings is 1. The molecule has 0 spiro atoms. The summed E-state index contributed by atoms with van der Waals surface area (Å²) < 4.78 is 72.1. The van der Waals surface area contributed by atoms with Crippen molar-refractivity contribution in [1.29, 1.82) is 0 Å². The number of ether oxygens (including phenoxy) is 6. The van der Waals surface area contributed by atoms with Crippen LogP contribution in [0.1, 0.15) is 109 Å². The number of anilines is 1. The largest absolute Gasteiger partial charge is 0.468 e. The highest BCUT2D eigenvalue weighted by Gasteiger charge is 2.51. The summed E-state index contributed by atoms with van der Waals surface area (Å²) in [5.74, 6) is 0.914. The average Bonchev–Trinajstić information content (AvgIpc) is 1.36. The number of pyridine rings is 1. The van der Waals surface area contributed by atoms with Gasteiger partial charge in [-0.1, -0.05) is 24.1 Å². The topological polar surface area (TPSA) is 214 Å². The highest BCUT2D eigenvalue weighted by Crippen LogP contribution is 2.45. The number of para-hydroxylation sites is 1. The molecule has 1 N–H and O–H groups in total. The van der Waals surface area contributed by atoms with E-state index in [2.05, 4.69) is 21.1 Å². The summed E-state index contributed by atoms with van der Waals surface area (Å²) in [5.41, 5.74) is 0.895. The maximum Gasteiger partial charge on any atom is 0.410 e. The number of fused-ring (bicyclic) bond motifs is 6. The van der Waals surface area contributed by atoms with E-state index in [4.69, 9.17) is 44.8 Å². The van der Waals surface area contributed by atoms with E-state index in [0.717, 1.165) is 56.1 Å². The van der Waals surface area contributed by atoms with Gasteiger partial charge in [0.15, 0.2) is 12.6 Å². The van der Waals surface area contributed by atoms with Gasteiger partial charge >= 0.3 is 23.9 Å². The first kappa shape index (κ1) is 58.4. The Hall–Kier alpha value is -7.94. The van der Waals surface area contributed by atoms with E-state index < -0.39 is 34.7 Å². The first-order chi connectivity index (χ1) is 41.4. The molecule has 2 bridgehead atoms. The molecule has 21 nitrogen and oxygen atoms in total. The van der Waals surface area contributed by atoms with Gasteiger partial charge in [0.25, 0.3) is 0 Å². The zero-order valence-electron chi connectivity index (χ0n) is 49.2. The van der Waals surface area contributed by atoms with E-state index in [9.17, 15) is 24.0 Å². The number of nitrogens with one attached hydrogen (secondary N) is 1. The molecule has 3 aromatic carbocycles. The molecule has 9 heterocycles. The summed E-state index contributed by atoms with van der Waals surface area (Å²) in [6.07, 6.45) is 14.5. The molecule has 4 amide bonds. The van der Waals surface area contributed by atoms with Crippen molar-refractivity contribution in [3.8, 4) is 35.4 Å². The highest BCUT2D eigenvalue weighted by atomic mass is 19.1. The first-order valence-electron chi connectivity index (χ1n) is 29.9. The van der Waals surface area contributed by atoms with Gasteiger partial charge in [0.1, 0.15) is 53.5 Å². The van der Waals surface area contributed by atoms with Crippen LogP contribution in [0.5, 0.6) is 11.8 Å². The van der Waals surface area contributed by atoms with Crippen LogP contribution in [0, 0.1) is 24.0 Å². The summed E-state index contributed by atoms with van der Waals surface area (Å²) in [4.78, 5) is 87.6. The van der Waals surface area contributed by atoms with Crippen LogP contribution in [-0.4, -0.2) is 165 Å².